The molecule has 0 atom stereocenters. The topological polar surface area (TPSA) is 31.7 Å². The normalized spacial score (nSPS) is 18.8. The van der Waals surface area contributed by atoms with E-state index in [0.717, 1.165) is 50.8 Å². The average Bonchev–Trinajstić information content (AvgIpc) is 2.63. The maximum atomic E-state index is 5.87. The molecule has 2 rings (SSSR count). The third kappa shape index (κ3) is 3.31. The van der Waals surface area contributed by atoms with Crippen molar-refractivity contribution >= 4 is 0 Å². The highest BCUT2D eigenvalue weighted by atomic mass is 16.3. The van der Waals surface area contributed by atoms with E-state index in [1.54, 1.807) is 0 Å². The Morgan fingerprint density at radius 1 is 1.29 bits per heavy atom. The van der Waals surface area contributed by atoms with E-state index < -0.39 is 0 Å². The summed E-state index contributed by atoms with van der Waals surface area (Å²) in [4.78, 5) is 4.83. The maximum Gasteiger partial charge on any atom is 0.120 e. The minimum atomic E-state index is 0.814. The summed E-state index contributed by atoms with van der Waals surface area (Å²) in [5.41, 5.74) is 1.25. The Hall–Kier alpha value is -0.840. The molecular formula is C13H23N3O. The SMILES string of the molecule is CNCc1oc(CN2CCN(C)CC2)cc1C. The van der Waals surface area contributed by atoms with Crippen LogP contribution in [0.25, 0.3) is 0 Å². The van der Waals surface area contributed by atoms with Gasteiger partial charge in [0.05, 0.1) is 13.1 Å². The molecule has 17 heavy (non-hydrogen) atoms. The first kappa shape index (κ1) is 12.6. The Balaban J connectivity index is 1.92. The lowest BCUT2D eigenvalue weighted by molar-refractivity contribution is 0.139. The van der Waals surface area contributed by atoms with E-state index in [1.807, 2.05) is 7.05 Å². The van der Waals surface area contributed by atoms with Gasteiger partial charge in [-0.25, -0.2) is 0 Å². The van der Waals surface area contributed by atoms with E-state index in [9.17, 15) is 0 Å². The summed E-state index contributed by atoms with van der Waals surface area (Å²) in [5.74, 6) is 2.16. The predicted molar refractivity (Wildman–Crippen MR) is 69.0 cm³/mol. The van der Waals surface area contributed by atoms with E-state index in [2.05, 4.69) is 35.2 Å². The fourth-order valence-corrected chi connectivity index (χ4v) is 2.23. The van der Waals surface area contributed by atoms with Crippen LogP contribution in [-0.4, -0.2) is 50.1 Å². The number of likely N-dealkylation sites (N-methyl/N-ethyl adjacent to an activating group) is 1. The largest absolute Gasteiger partial charge is 0.463 e. The van der Waals surface area contributed by atoms with Crippen LogP contribution < -0.4 is 5.32 Å². The summed E-state index contributed by atoms with van der Waals surface area (Å²) in [7, 11) is 4.13. The molecule has 0 unspecified atom stereocenters. The van der Waals surface area contributed by atoms with Gasteiger partial charge in [0.15, 0.2) is 0 Å². The van der Waals surface area contributed by atoms with Gasteiger partial charge in [-0.3, -0.25) is 4.90 Å². The Bertz CT molecular complexity index is 354. The fraction of sp³-hybridized carbons (Fsp3) is 0.692. The first-order chi connectivity index (χ1) is 8.19. The van der Waals surface area contributed by atoms with Crippen LogP contribution in [0.15, 0.2) is 10.5 Å². The van der Waals surface area contributed by atoms with Crippen LogP contribution in [0.5, 0.6) is 0 Å². The van der Waals surface area contributed by atoms with Gasteiger partial charge in [-0.05, 0) is 32.6 Å². The molecule has 96 valence electrons. The fourth-order valence-electron chi connectivity index (χ4n) is 2.23. The number of furan rings is 1. The minimum Gasteiger partial charge on any atom is -0.463 e. The Morgan fingerprint density at radius 3 is 2.65 bits per heavy atom. The molecule has 0 amide bonds. The number of nitrogens with zero attached hydrogens (tertiary/aromatic N) is 2. The molecule has 1 aliphatic rings. The quantitative estimate of drug-likeness (QED) is 0.848. The van der Waals surface area contributed by atoms with Crippen molar-refractivity contribution in [3.63, 3.8) is 0 Å². The molecule has 1 fully saturated rings. The van der Waals surface area contributed by atoms with Gasteiger partial charge in [0.1, 0.15) is 11.5 Å². The van der Waals surface area contributed by atoms with Crippen molar-refractivity contribution in [3.8, 4) is 0 Å². The zero-order valence-corrected chi connectivity index (χ0v) is 11.1. The maximum absolute atomic E-state index is 5.87. The molecule has 1 N–H and O–H groups in total. The van der Waals surface area contributed by atoms with Crippen LogP contribution in [-0.2, 0) is 13.1 Å². The second-order valence-electron chi connectivity index (χ2n) is 4.93. The number of hydrogen-bond donors (Lipinski definition) is 1. The van der Waals surface area contributed by atoms with Gasteiger partial charge in [-0.15, -0.1) is 0 Å². The van der Waals surface area contributed by atoms with Crippen LogP contribution in [0.2, 0.25) is 0 Å². The van der Waals surface area contributed by atoms with E-state index in [1.165, 1.54) is 5.56 Å². The lowest BCUT2D eigenvalue weighted by Crippen LogP contribution is -2.43. The van der Waals surface area contributed by atoms with Gasteiger partial charge in [-0.2, -0.15) is 0 Å². The molecule has 0 saturated carbocycles. The van der Waals surface area contributed by atoms with Crippen molar-refractivity contribution in [1.29, 1.82) is 0 Å². The van der Waals surface area contributed by atoms with Crippen LogP contribution >= 0.6 is 0 Å². The van der Waals surface area contributed by atoms with Crippen molar-refractivity contribution in [2.75, 3.05) is 40.3 Å². The number of rotatable bonds is 4. The molecule has 1 aromatic rings. The first-order valence-corrected chi connectivity index (χ1v) is 6.32. The number of nitrogens with one attached hydrogen (secondary N) is 1. The van der Waals surface area contributed by atoms with Gasteiger partial charge < -0.3 is 14.6 Å². The number of hydrogen-bond acceptors (Lipinski definition) is 4. The lowest BCUT2D eigenvalue weighted by atomic mass is 10.2. The van der Waals surface area contributed by atoms with Crippen LogP contribution in [0.1, 0.15) is 17.1 Å². The monoisotopic (exact) mass is 237 g/mol. The zero-order chi connectivity index (χ0) is 12.3. The summed E-state index contributed by atoms with van der Waals surface area (Å²) in [5, 5.41) is 3.13. The molecule has 0 aromatic carbocycles. The predicted octanol–water partition coefficient (Wildman–Crippen LogP) is 1.05. The molecule has 0 aliphatic carbocycles. The van der Waals surface area contributed by atoms with Crippen LogP contribution in [0.3, 0.4) is 0 Å². The highest BCUT2D eigenvalue weighted by Gasteiger charge is 2.16. The highest BCUT2D eigenvalue weighted by molar-refractivity contribution is 5.20. The molecule has 2 heterocycles. The van der Waals surface area contributed by atoms with E-state index in [0.29, 0.717) is 0 Å². The van der Waals surface area contributed by atoms with E-state index in [4.69, 9.17) is 4.42 Å². The van der Waals surface area contributed by atoms with Crippen LogP contribution in [0.4, 0.5) is 0 Å². The van der Waals surface area contributed by atoms with Crippen LogP contribution in [0, 0.1) is 6.92 Å². The lowest BCUT2D eigenvalue weighted by Gasteiger charge is -2.31. The standard InChI is InChI=1S/C13H23N3O/c1-11-8-12(17-13(11)9-14-2)10-16-6-4-15(3)5-7-16/h8,14H,4-7,9-10H2,1-3H3. The van der Waals surface area contributed by atoms with E-state index in [-0.39, 0.29) is 0 Å². The Morgan fingerprint density at radius 2 is 2.00 bits per heavy atom. The second kappa shape index (κ2) is 5.67. The van der Waals surface area contributed by atoms with Gasteiger partial charge in [0.2, 0.25) is 0 Å². The van der Waals surface area contributed by atoms with Crippen molar-refractivity contribution < 1.29 is 4.42 Å². The van der Waals surface area contributed by atoms with Gasteiger partial charge >= 0.3 is 0 Å². The second-order valence-corrected chi connectivity index (χ2v) is 4.93. The third-order valence-electron chi connectivity index (χ3n) is 3.38. The molecule has 1 aliphatic heterocycles. The van der Waals surface area contributed by atoms with Gasteiger partial charge in [0, 0.05) is 26.2 Å². The van der Waals surface area contributed by atoms with Crippen molar-refractivity contribution in [2.24, 2.45) is 0 Å². The van der Waals surface area contributed by atoms with Crippen molar-refractivity contribution in [3.05, 3.63) is 23.2 Å². The zero-order valence-electron chi connectivity index (χ0n) is 11.1. The molecule has 1 saturated heterocycles. The van der Waals surface area contributed by atoms with Crippen molar-refractivity contribution in [2.45, 2.75) is 20.0 Å². The minimum absolute atomic E-state index is 0.814. The summed E-state index contributed by atoms with van der Waals surface area (Å²) in [6.07, 6.45) is 0. The smallest absolute Gasteiger partial charge is 0.120 e. The average molecular weight is 237 g/mol. The molecule has 0 spiro atoms. The number of piperazine rings is 1. The number of aryl methyl sites for hydroxylation is 1. The Kier molecular flexibility index (Phi) is 4.20. The molecule has 1 aromatic heterocycles. The molecule has 4 nitrogen and oxygen atoms in total. The summed E-state index contributed by atoms with van der Waals surface area (Å²) < 4.78 is 5.87. The summed E-state index contributed by atoms with van der Waals surface area (Å²) >= 11 is 0. The molecule has 0 radical (unpaired) electrons. The molecular weight excluding hydrogens is 214 g/mol. The van der Waals surface area contributed by atoms with Gasteiger partial charge in [-0.1, -0.05) is 0 Å². The Labute approximate surface area is 104 Å². The summed E-state index contributed by atoms with van der Waals surface area (Å²) in [6, 6.07) is 2.17. The van der Waals surface area contributed by atoms with Gasteiger partial charge in [0.25, 0.3) is 0 Å². The first-order valence-electron chi connectivity index (χ1n) is 6.32. The highest BCUT2D eigenvalue weighted by Crippen LogP contribution is 2.16. The van der Waals surface area contributed by atoms with E-state index >= 15 is 0 Å². The third-order valence-corrected chi connectivity index (χ3v) is 3.38. The molecule has 0 bridgehead atoms. The molecule has 4 heteroatoms. The summed E-state index contributed by atoms with van der Waals surface area (Å²) in [6.45, 7) is 8.46. The van der Waals surface area contributed by atoms with Crippen molar-refractivity contribution in [1.82, 2.24) is 15.1 Å².